The van der Waals surface area contributed by atoms with Crippen LogP contribution in [-0.4, -0.2) is 11.2 Å². The molecule has 2 nitrogen and oxygen atoms in total. The number of hydrogen-bond acceptors (Lipinski definition) is 2. The van der Waals surface area contributed by atoms with Crippen LogP contribution in [0.2, 0.25) is 0 Å². The molecule has 2 heteroatoms. The van der Waals surface area contributed by atoms with E-state index in [0.717, 1.165) is 24.2 Å². The van der Waals surface area contributed by atoms with Crippen LogP contribution in [0.3, 0.4) is 0 Å². The summed E-state index contributed by atoms with van der Waals surface area (Å²) in [6.07, 6.45) is 5.19. The Bertz CT molecular complexity index is 314. The highest BCUT2D eigenvalue weighted by Crippen LogP contribution is 2.30. The van der Waals surface area contributed by atoms with Crippen molar-refractivity contribution in [2.45, 2.75) is 38.7 Å². The normalized spacial score (nSPS) is 17.2. The lowest BCUT2D eigenvalue weighted by molar-refractivity contribution is 0.208. The summed E-state index contributed by atoms with van der Waals surface area (Å²) in [5, 5.41) is 9.49. The van der Waals surface area contributed by atoms with Crippen LogP contribution in [0.5, 0.6) is 11.5 Å². The van der Waals surface area contributed by atoms with Crippen molar-refractivity contribution in [3.05, 3.63) is 23.8 Å². The van der Waals surface area contributed by atoms with Gasteiger partial charge in [0, 0.05) is 5.56 Å². The van der Waals surface area contributed by atoms with Crippen LogP contribution in [0.25, 0.3) is 0 Å². The first kappa shape index (κ1) is 9.38. The summed E-state index contributed by atoms with van der Waals surface area (Å²) in [5.41, 5.74) is 0.847. The molecule has 2 rings (SSSR count). The molecule has 1 fully saturated rings. The number of hydrogen-bond donors (Lipinski definition) is 1. The van der Waals surface area contributed by atoms with Crippen molar-refractivity contribution < 1.29 is 9.84 Å². The zero-order valence-corrected chi connectivity index (χ0v) is 8.49. The highest BCUT2D eigenvalue weighted by atomic mass is 16.5. The van der Waals surface area contributed by atoms with Crippen molar-refractivity contribution in [3.8, 4) is 11.5 Å². The fraction of sp³-hybridized carbons (Fsp3) is 0.500. The van der Waals surface area contributed by atoms with E-state index < -0.39 is 0 Å². The van der Waals surface area contributed by atoms with E-state index in [2.05, 4.69) is 0 Å². The summed E-state index contributed by atoms with van der Waals surface area (Å²) in [7, 11) is 0. The maximum absolute atomic E-state index is 9.49. The van der Waals surface area contributed by atoms with E-state index in [0.29, 0.717) is 11.9 Å². The quantitative estimate of drug-likeness (QED) is 0.780. The lowest BCUT2D eigenvalue weighted by Gasteiger charge is -2.15. The lowest BCUT2D eigenvalue weighted by Crippen LogP contribution is -2.11. The van der Waals surface area contributed by atoms with Gasteiger partial charge in [-0.1, -0.05) is 6.07 Å². The number of phenols is 1. The Labute approximate surface area is 84.5 Å². The van der Waals surface area contributed by atoms with Crippen LogP contribution in [-0.2, 0) is 0 Å². The van der Waals surface area contributed by atoms with Crippen molar-refractivity contribution in [2.75, 3.05) is 0 Å². The summed E-state index contributed by atoms with van der Waals surface area (Å²) in [5.74, 6) is 1.15. The fourth-order valence-corrected chi connectivity index (χ4v) is 1.92. The summed E-state index contributed by atoms with van der Waals surface area (Å²) in [6.45, 7) is 1.89. The number of phenolic OH excluding ortho intramolecular Hbond substituents is 1. The largest absolute Gasteiger partial charge is 0.508 e. The van der Waals surface area contributed by atoms with Gasteiger partial charge in [-0.05, 0) is 44.7 Å². The Kier molecular flexibility index (Phi) is 2.62. The van der Waals surface area contributed by atoms with Crippen LogP contribution in [0.15, 0.2) is 18.2 Å². The molecule has 0 amide bonds. The molecule has 1 saturated carbocycles. The number of benzene rings is 1. The Balaban J connectivity index is 2.11. The summed E-state index contributed by atoms with van der Waals surface area (Å²) in [6, 6.07) is 5.44. The molecule has 0 heterocycles. The second-order valence-electron chi connectivity index (χ2n) is 3.92. The molecule has 1 aromatic carbocycles. The molecule has 76 valence electrons. The third-order valence-corrected chi connectivity index (χ3v) is 2.85. The summed E-state index contributed by atoms with van der Waals surface area (Å²) in [4.78, 5) is 0. The second kappa shape index (κ2) is 3.91. The molecule has 0 saturated heterocycles. The molecule has 1 aromatic rings. The average molecular weight is 192 g/mol. The highest BCUT2D eigenvalue weighted by molar-refractivity contribution is 5.42. The van der Waals surface area contributed by atoms with Gasteiger partial charge in [-0.25, -0.2) is 0 Å². The zero-order valence-electron chi connectivity index (χ0n) is 8.49. The summed E-state index contributed by atoms with van der Waals surface area (Å²) < 4.78 is 5.83. The third-order valence-electron chi connectivity index (χ3n) is 2.85. The Hall–Kier alpha value is -1.18. The maximum atomic E-state index is 9.49. The van der Waals surface area contributed by atoms with Crippen molar-refractivity contribution in [1.82, 2.24) is 0 Å². The lowest BCUT2D eigenvalue weighted by atomic mass is 10.2. The SMILES string of the molecule is Cc1c(O)cccc1OC1CCCC1. The Morgan fingerprint density at radius 1 is 1.29 bits per heavy atom. The standard InChI is InChI=1S/C12H16O2/c1-9-11(13)7-4-8-12(9)14-10-5-2-3-6-10/h4,7-8,10,13H,2-3,5-6H2,1H3. The van der Waals surface area contributed by atoms with Crippen molar-refractivity contribution in [1.29, 1.82) is 0 Å². The average Bonchev–Trinajstić information content (AvgIpc) is 2.66. The predicted octanol–water partition coefficient (Wildman–Crippen LogP) is 3.02. The van der Waals surface area contributed by atoms with Gasteiger partial charge in [0.1, 0.15) is 11.5 Å². The molecule has 0 bridgehead atoms. The Morgan fingerprint density at radius 2 is 2.00 bits per heavy atom. The fourth-order valence-electron chi connectivity index (χ4n) is 1.92. The molecule has 0 aliphatic heterocycles. The van der Waals surface area contributed by atoms with Crippen LogP contribution in [0.4, 0.5) is 0 Å². The van der Waals surface area contributed by atoms with Gasteiger partial charge in [-0.15, -0.1) is 0 Å². The van der Waals surface area contributed by atoms with Gasteiger partial charge in [0.15, 0.2) is 0 Å². The first-order valence-electron chi connectivity index (χ1n) is 5.22. The second-order valence-corrected chi connectivity index (χ2v) is 3.92. The maximum Gasteiger partial charge on any atom is 0.126 e. The minimum atomic E-state index is 0.320. The van der Waals surface area contributed by atoms with Gasteiger partial charge in [-0.3, -0.25) is 0 Å². The first-order chi connectivity index (χ1) is 6.77. The van der Waals surface area contributed by atoms with E-state index in [4.69, 9.17) is 4.74 Å². The van der Waals surface area contributed by atoms with Crippen molar-refractivity contribution in [3.63, 3.8) is 0 Å². The van der Waals surface area contributed by atoms with Gasteiger partial charge in [-0.2, -0.15) is 0 Å². The van der Waals surface area contributed by atoms with E-state index in [-0.39, 0.29) is 0 Å². The molecule has 0 aromatic heterocycles. The summed E-state index contributed by atoms with van der Waals surface area (Å²) >= 11 is 0. The number of ether oxygens (including phenoxy) is 1. The molecule has 1 N–H and O–H groups in total. The van der Waals surface area contributed by atoms with Gasteiger partial charge in [0.25, 0.3) is 0 Å². The van der Waals surface area contributed by atoms with Gasteiger partial charge >= 0.3 is 0 Å². The van der Waals surface area contributed by atoms with Crippen LogP contribution in [0, 0.1) is 6.92 Å². The minimum Gasteiger partial charge on any atom is -0.508 e. The topological polar surface area (TPSA) is 29.5 Å². The molecule has 14 heavy (non-hydrogen) atoms. The monoisotopic (exact) mass is 192 g/mol. The molecule has 1 aliphatic rings. The van der Waals surface area contributed by atoms with Crippen LogP contribution in [0.1, 0.15) is 31.2 Å². The molecule has 1 aliphatic carbocycles. The van der Waals surface area contributed by atoms with Crippen molar-refractivity contribution >= 4 is 0 Å². The van der Waals surface area contributed by atoms with Crippen molar-refractivity contribution in [2.24, 2.45) is 0 Å². The van der Waals surface area contributed by atoms with E-state index in [1.807, 2.05) is 19.1 Å². The molecule has 0 unspecified atom stereocenters. The number of rotatable bonds is 2. The van der Waals surface area contributed by atoms with E-state index >= 15 is 0 Å². The van der Waals surface area contributed by atoms with Crippen LogP contribution >= 0.6 is 0 Å². The molecule has 0 atom stereocenters. The molecule has 0 radical (unpaired) electrons. The van der Waals surface area contributed by atoms with E-state index in [1.54, 1.807) is 6.07 Å². The zero-order chi connectivity index (χ0) is 9.97. The van der Waals surface area contributed by atoms with Crippen LogP contribution < -0.4 is 4.74 Å². The minimum absolute atomic E-state index is 0.320. The van der Waals surface area contributed by atoms with Gasteiger partial charge in [0.2, 0.25) is 0 Å². The van der Waals surface area contributed by atoms with Gasteiger partial charge < -0.3 is 9.84 Å². The first-order valence-corrected chi connectivity index (χ1v) is 5.22. The smallest absolute Gasteiger partial charge is 0.126 e. The van der Waals surface area contributed by atoms with Gasteiger partial charge in [0.05, 0.1) is 6.10 Å². The highest BCUT2D eigenvalue weighted by Gasteiger charge is 2.17. The predicted molar refractivity (Wildman–Crippen MR) is 55.7 cm³/mol. The number of aromatic hydroxyl groups is 1. The molecular formula is C12H16O2. The Morgan fingerprint density at radius 3 is 2.71 bits per heavy atom. The van der Waals surface area contributed by atoms with E-state index in [1.165, 1.54) is 12.8 Å². The van der Waals surface area contributed by atoms with E-state index in [9.17, 15) is 5.11 Å². The third kappa shape index (κ3) is 1.84. The molecular weight excluding hydrogens is 176 g/mol. The molecule has 0 spiro atoms.